The van der Waals surface area contributed by atoms with Gasteiger partial charge in [-0.2, -0.15) is 0 Å². The van der Waals surface area contributed by atoms with E-state index in [1.54, 1.807) is 6.20 Å². The average molecular weight is 340 g/mol. The molecule has 2 aromatic rings. The summed E-state index contributed by atoms with van der Waals surface area (Å²) < 4.78 is 44.7. The van der Waals surface area contributed by atoms with Crippen LogP contribution in [0.5, 0.6) is 5.88 Å². The number of aliphatic hydroxyl groups is 1. The van der Waals surface area contributed by atoms with Crippen LogP contribution in [0.4, 0.5) is 13.2 Å². The number of fused-ring (bicyclic) bond motifs is 1. The number of hydrogen-bond acceptors (Lipinski definition) is 4. The molecule has 4 nitrogen and oxygen atoms in total. The molecular weight excluding hydrogens is 321 g/mol. The highest BCUT2D eigenvalue weighted by Crippen LogP contribution is 2.27. The van der Waals surface area contributed by atoms with E-state index >= 15 is 0 Å². The first-order valence-corrected chi connectivity index (χ1v) is 7.91. The smallest absolute Gasteiger partial charge is 0.259 e. The molecule has 7 heteroatoms. The Morgan fingerprint density at radius 1 is 1.12 bits per heavy atom. The second-order valence-electron chi connectivity index (χ2n) is 5.89. The molecule has 0 bridgehead atoms. The van der Waals surface area contributed by atoms with Crippen LogP contribution < -0.4 is 4.74 Å². The third kappa shape index (κ3) is 3.62. The molecule has 1 aliphatic rings. The van der Waals surface area contributed by atoms with Gasteiger partial charge in [0.1, 0.15) is 12.1 Å². The normalized spacial score (nSPS) is 19.5. The highest BCUT2D eigenvalue weighted by atomic mass is 19.3. The van der Waals surface area contributed by atoms with Gasteiger partial charge in [0.05, 0.1) is 0 Å². The van der Waals surface area contributed by atoms with Crippen LogP contribution in [0.1, 0.15) is 12.8 Å². The molecule has 2 heterocycles. The molecule has 2 unspecified atom stereocenters. The van der Waals surface area contributed by atoms with E-state index in [-0.39, 0.29) is 19.2 Å². The van der Waals surface area contributed by atoms with E-state index in [0.717, 1.165) is 10.8 Å². The fourth-order valence-electron chi connectivity index (χ4n) is 3.09. The fourth-order valence-corrected chi connectivity index (χ4v) is 3.09. The topological polar surface area (TPSA) is 45.6 Å². The van der Waals surface area contributed by atoms with Gasteiger partial charge in [0.25, 0.3) is 6.43 Å². The first-order valence-electron chi connectivity index (χ1n) is 7.91. The van der Waals surface area contributed by atoms with Crippen LogP contribution in [0.3, 0.4) is 0 Å². The lowest BCUT2D eigenvalue weighted by atomic mass is 10.1. The summed E-state index contributed by atoms with van der Waals surface area (Å²) >= 11 is 0. The summed E-state index contributed by atoms with van der Waals surface area (Å²) in [5.41, 5.74) is 0. The Morgan fingerprint density at radius 2 is 1.83 bits per heavy atom. The zero-order chi connectivity index (χ0) is 17.1. The number of rotatable bonds is 5. The number of pyridine rings is 1. The molecule has 0 saturated carbocycles. The highest BCUT2D eigenvalue weighted by molar-refractivity contribution is 5.86. The van der Waals surface area contributed by atoms with Crippen LogP contribution in [0.25, 0.3) is 10.8 Å². The number of likely N-dealkylation sites (tertiary alicyclic amines) is 1. The standard InChI is InChI=1S/C17H19F3N2O2/c18-15(19)14(16(20)23)22-9-6-12(7-10-22)24-17-13-4-2-1-3-11(13)5-8-21-17/h1-5,8,12,14-16,23H,6-7,9-10H2. The summed E-state index contributed by atoms with van der Waals surface area (Å²) in [6, 6.07) is 7.82. The van der Waals surface area contributed by atoms with Crippen molar-refractivity contribution in [2.24, 2.45) is 0 Å². The van der Waals surface area contributed by atoms with Crippen LogP contribution in [-0.2, 0) is 0 Å². The number of ether oxygens (including phenoxy) is 1. The summed E-state index contributed by atoms with van der Waals surface area (Å²) in [6.45, 7) is 0.483. The summed E-state index contributed by atoms with van der Waals surface area (Å²) in [5, 5.41) is 10.8. The molecule has 1 fully saturated rings. The van der Waals surface area contributed by atoms with Gasteiger partial charge in [-0.05, 0) is 30.4 Å². The number of aromatic nitrogens is 1. The minimum absolute atomic E-state index is 0.172. The van der Waals surface area contributed by atoms with Crippen molar-refractivity contribution < 1.29 is 23.0 Å². The Morgan fingerprint density at radius 3 is 2.50 bits per heavy atom. The molecule has 1 saturated heterocycles. The van der Waals surface area contributed by atoms with E-state index in [0.29, 0.717) is 18.7 Å². The SMILES string of the molecule is OC(F)C(C(F)F)N1CCC(Oc2nccc3ccccc23)CC1. The number of hydrogen-bond donors (Lipinski definition) is 1. The number of benzene rings is 1. The van der Waals surface area contributed by atoms with Gasteiger partial charge < -0.3 is 9.84 Å². The van der Waals surface area contributed by atoms with Gasteiger partial charge in [0, 0.05) is 24.7 Å². The maximum absolute atomic E-state index is 13.0. The first-order chi connectivity index (χ1) is 11.6. The Kier molecular flexibility index (Phi) is 5.20. The largest absolute Gasteiger partial charge is 0.474 e. The van der Waals surface area contributed by atoms with Gasteiger partial charge in [0.15, 0.2) is 0 Å². The van der Waals surface area contributed by atoms with Crippen molar-refractivity contribution in [3.63, 3.8) is 0 Å². The van der Waals surface area contributed by atoms with E-state index < -0.39 is 18.8 Å². The number of alkyl halides is 3. The Labute approximate surface area is 137 Å². The van der Waals surface area contributed by atoms with Crippen LogP contribution in [0, 0.1) is 0 Å². The van der Waals surface area contributed by atoms with Gasteiger partial charge in [-0.3, -0.25) is 4.90 Å². The lowest BCUT2D eigenvalue weighted by Crippen LogP contribution is -2.51. The quantitative estimate of drug-likeness (QED) is 0.909. The number of halogens is 3. The van der Waals surface area contributed by atoms with Crippen molar-refractivity contribution in [3.05, 3.63) is 36.5 Å². The van der Waals surface area contributed by atoms with Crippen molar-refractivity contribution in [2.75, 3.05) is 13.1 Å². The Hall–Kier alpha value is -1.86. The minimum atomic E-state index is -2.93. The van der Waals surface area contributed by atoms with Crippen LogP contribution in [0.15, 0.2) is 36.5 Å². The van der Waals surface area contributed by atoms with E-state index in [4.69, 9.17) is 9.84 Å². The summed E-state index contributed by atoms with van der Waals surface area (Å²) in [5.74, 6) is 0.516. The predicted octanol–water partition coefficient (Wildman–Crippen LogP) is 3.00. The van der Waals surface area contributed by atoms with Crippen molar-refractivity contribution in [1.29, 1.82) is 0 Å². The molecule has 2 atom stereocenters. The molecule has 0 amide bonds. The fraction of sp³-hybridized carbons (Fsp3) is 0.471. The molecule has 1 aromatic heterocycles. The van der Waals surface area contributed by atoms with Crippen LogP contribution >= 0.6 is 0 Å². The maximum atomic E-state index is 13.0. The Bertz CT molecular complexity index is 662. The zero-order valence-electron chi connectivity index (χ0n) is 13.0. The summed E-state index contributed by atoms with van der Waals surface area (Å²) in [6.07, 6.45) is -3.04. The lowest BCUT2D eigenvalue weighted by Gasteiger charge is -2.37. The van der Waals surface area contributed by atoms with Crippen molar-refractivity contribution in [3.8, 4) is 5.88 Å². The molecule has 0 aliphatic carbocycles. The van der Waals surface area contributed by atoms with Crippen LogP contribution in [-0.4, -0.2) is 53.0 Å². The molecule has 1 N–H and O–H groups in total. The van der Waals surface area contributed by atoms with Crippen molar-refractivity contribution in [2.45, 2.75) is 37.8 Å². The van der Waals surface area contributed by atoms with E-state index in [2.05, 4.69) is 4.98 Å². The lowest BCUT2D eigenvalue weighted by molar-refractivity contribution is -0.109. The van der Waals surface area contributed by atoms with E-state index in [1.807, 2.05) is 30.3 Å². The van der Waals surface area contributed by atoms with Gasteiger partial charge in [-0.25, -0.2) is 18.2 Å². The van der Waals surface area contributed by atoms with Gasteiger partial charge in [0.2, 0.25) is 12.2 Å². The second-order valence-corrected chi connectivity index (χ2v) is 5.89. The summed E-state index contributed by atoms with van der Waals surface area (Å²) in [4.78, 5) is 5.54. The van der Waals surface area contributed by atoms with Crippen molar-refractivity contribution >= 4 is 10.8 Å². The molecule has 1 aliphatic heterocycles. The molecule has 3 rings (SSSR count). The van der Waals surface area contributed by atoms with Gasteiger partial charge in [-0.1, -0.05) is 18.2 Å². The zero-order valence-corrected chi connectivity index (χ0v) is 13.0. The molecular formula is C17H19F3N2O2. The second kappa shape index (κ2) is 7.36. The predicted molar refractivity (Wildman–Crippen MR) is 83.9 cm³/mol. The third-order valence-corrected chi connectivity index (χ3v) is 4.35. The third-order valence-electron chi connectivity index (χ3n) is 4.35. The monoisotopic (exact) mass is 340 g/mol. The molecule has 24 heavy (non-hydrogen) atoms. The highest BCUT2D eigenvalue weighted by Gasteiger charge is 2.36. The van der Waals surface area contributed by atoms with Gasteiger partial charge in [-0.15, -0.1) is 0 Å². The number of aliphatic hydroxyl groups excluding tert-OH is 1. The average Bonchev–Trinajstić information content (AvgIpc) is 2.56. The maximum Gasteiger partial charge on any atom is 0.259 e. The molecule has 130 valence electrons. The molecule has 1 aromatic carbocycles. The number of nitrogens with zero attached hydrogens (tertiary/aromatic N) is 2. The molecule has 0 radical (unpaired) electrons. The van der Waals surface area contributed by atoms with Crippen molar-refractivity contribution in [1.82, 2.24) is 9.88 Å². The first kappa shape index (κ1) is 17.0. The van der Waals surface area contributed by atoms with Crippen LogP contribution in [0.2, 0.25) is 0 Å². The molecule has 0 spiro atoms. The summed E-state index contributed by atoms with van der Waals surface area (Å²) in [7, 11) is 0. The van der Waals surface area contributed by atoms with E-state index in [1.165, 1.54) is 4.90 Å². The number of piperidine rings is 1. The van der Waals surface area contributed by atoms with Gasteiger partial charge >= 0.3 is 0 Å². The minimum Gasteiger partial charge on any atom is -0.474 e. The Balaban J connectivity index is 1.65. The van der Waals surface area contributed by atoms with E-state index in [9.17, 15) is 13.2 Å².